The van der Waals surface area contributed by atoms with Crippen LogP contribution in [0.2, 0.25) is 0 Å². The van der Waals surface area contributed by atoms with Crippen LogP contribution in [0.1, 0.15) is 58.8 Å². The van der Waals surface area contributed by atoms with Gasteiger partial charge in [0.25, 0.3) is 0 Å². The quantitative estimate of drug-likeness (QED) is 0.766. The number of carbonyl (C=O) groups excluding carboxylic acids is 2. The van der Waals surface area contributed by atoms with Crippen molar-refractivity contribution in [3.63, 3.8) is 0 Å². The molecule has 0 aromatic carbocycles. The van der Waals surface area contributed by atoms with Gasteiger partial charge in [0.15, 0.2) is 0 Å². The first-order chi connectivity index (χ1) is 12.5. The molecule has 2 N–H and O–H groups in total. The SMILES string of the molecule is CC(C)C(NC(=O)C12CC3CC(CC(C3)C1)C2)C(=O)N1CCCNCC1.Cl. The number of rotatable bonds is 4. The lowest BCUT2D eigenvalue weighted by atomic mass is 9.49. The lowest BCUT2D eigenvalue weighted by Crippen LogP contribution is -2.59. The summed E-state index contributed by atoms with van der Waals surface area (Å²) in [5, 5.41) is 6.59. The van der Waals surface area contributed by atoms with Crippen molar-refractivity contribution >= 4 is 24.2 Å². The van der Waals surface area contributed by atoms with E-state index in [0.29, 0.717) is 0 Å². The van der Waals surface area contributed by atoms with Crippen LogP contribution in [0.5, 0.6) is 0 Å². The molecular formula is C21H36ClN3O2. The molecule has 1 heterocycles. The van der Waals surface area contributed by atoms with E-state index in [1.54, 1.807) is 0 Å². The summed E-state index contributed by atoms with van der Waals surface area (Å²) in [6.07, 6.45) is 8.14. The summed E-state index contributed by atoms with van der Waals surface area (Å²) in [5.74, 6) is 2.65. The highest BCUT2D eigenvalue weighted by atomic mass is 35.5. The molecule has 0 spiro atoms. The molecule has 0 aromatic rings. The first kappa shape index (κ1) is 20.9. The van der Waals surface area contributed by atoms with Crippen LogP contribution in [0.25, 0.3) is 0 Å². The number of amides is 2. The number of hydrogen-bond donors (Lipinski definition) is 2. The molecule has 0 aromatic heterocycles. The summed E-state index contributed by atoms with van der Waals surface area (Å²) >= 11 is 0. The molecule has 2 amide bonds. The third kappa shape index (κ3) is 4.14. The normalized spacial score (nSPS) is 36.1. The Hall–Kier alpha value is -0.810. The van der Waals surface area contributed by atoms with E-state index in [1.807, 2.05) is 4.90 Å². The fourth-order valence-corrected chi connectivity index (χ4v) is 6.46. The highest BCUT2D eigenvalue weighted by Gasteiger charge is 2.55. The molecule has 5 fully saturated rings. The van der Waals surface area contributed by atoms with E-state index in [-0.39, 0.29) is 41.6 Å². The van der Waals surface area contributed by atoms with Crippen molar-refractivity contribution in [2.75, 3.05) is 26.2 Å². The van der Waals surface area contributed by atoms with Crippen LogP contribution < -0.4 is 10.6 Å². The zero-order valence-electron chi connectivity index (χ0n) is 16.8. The first-order valence-electron chi connectivity index (χ1n) is 10.8. The van der Waals surface area contributed by atoms with Gasteiger partial charge in [0.05, 0.1) is 0 Å². The maximum atomic E-state index is 13.4. The Morgan fingerprint density at radius 2 is 1.59 bits per heavy atom. The van der Waals surface area contributed by atoms with E-state index in [1.165, 1.54) is 19.3 Å². The third-order valence-electron chi connectivity index (χ3n) is 7.39. The second-order valence-electron chi connectivity index (χ2n) is 9.82. The molecule has 1 unspecified atom stereocenters. The van der Waals surface area contributed by atoms with Crippen molar-refractivity contribution in [3.05, 3.63) is 0 Å². The summed E-state index contributed by atoms with van der Waals surface area (Å²) < 4.78 is 0. The average molecular weight is 398 g/mol. The van der Waals surface area contributed by atoms with E-state index in [0.717, 1.165) is 69.6 Å². The number of nitrogens with one attached hydrogen (secondary N) is 2. The van der Waals surface area contributed by atoms with E-state index in [9.17, 15) is 9.59 Å². The molecule has 5 rings (SSSR count). The lowest BCUT2D eigenvalue weighted by molar-refractivity contribution is -0.150. The standard InChI is InChI=1S/C21H35N3O2.ClH/c1-14(2)18(19(25)24-6-3-4-22-5-7-24)23-20(26)21-11-15-8-16(12-21)10-17(9-15)13-21;/h14-18,22H,3-13H2,1-2H3,(H,23,26);1H. The minimum Gasteiger partial charge on any atom is -0.344 e. The number of carbonyl (C=O) groups is 2. The molecule has 4 saturated carbocycles. The number of nitrogens with zero attached hydrogens (tertiary/aromatic N) is 1. The predicted molar refractivity (Wildman–Crippen MR) is 109 cm³/mol. The van der Waals surface area contributed by atoms with Gasteiger partial charge in [-0.15, -0.1) is 12.4 Å². The molecule has 1 aliphatic heterocycles. The van der Waals surface area contributed by atoms with E-state index >= 15 is 0 Å². The molecule has 6 heteroatoms. The van der Waals surface area contributed by atoms with Gasteiger partial charge < -0.3 is 15.5 Å². The van der Waals surface area contributed by atoms with Gasteiger partial charge in [0.2, 0.25) is 11.8 Å². The molecule has 4 aliphatic carbocycles. The van der Waals surface area contributed by atoms with Crippen LogP contribution in [-0.4, -0.2) is 48.9 Å². The molecule has 1 atom stereocenters. The molecular weight excluding hydrogens is 362 g/mol. The summed E-state index contributed by atoms with van der Waals surface area (Å²) in [5.41, 5.74) is -0.178. The molecule has 0 radical (unpaired) electrons. The Labute approximate surface area is 169 Å². The van der Waals surface area contributed by atoms with Crippen molar-refractivity contribution in [2.45, 2.75) is 64.8 Å². The summed E-state index contributed by atoms with van der Waals surface area (Å²) in [6.45, 7) is 7.46. The van der Waals surface area contributed by atoms with Crippen LogP contribution in [-0.2, 0) is 9.59 Å². The van der Waals surface area contributed by atoms with Crippen molar-refractivity contribution in [3.8, 4) is 0 Å². The van der Waals surface area contributed by atoms with Gasteiger partial charge in [0, 0.05) is 25.0 Å². The Kier molecular flexibility index (Phi) is 6.41. The Balaban J connectivity index is 0.00000210. The molecule has 1 saturated heterocycles. The molecule has 5 aliphatic rings. The van der Waals surface area contributed by atoms with Crippen LogP contribution in [0.3, 0.4) is 0 Å². The van der Waals surface area contributed by atoms with Crippen LogP contribution in [0.4, 0.5) is 0 Å². The summed E-state index contributed by atoms with van der Waals surface area (Å²) in [4.78, 5) is 28.5. The monoisotopic (exact) mass is 397 g/mol. The van der Waals surface area contributed by atoms with Gasteiger partial charge in [-0.05, 0) is 75.2 Å². The first-order valence-corrected chi connectivity index (χ1v) is 10.8. The number of halogens is 1. The Morgan fingerprint density at radius 3 is 2.15 bits per heavy atom. The van der Waals surface area contributed by atoms with Crippen molar-refractivity contribution in [1.82, 2.24) is 15.5 Å². The topological polar surface area (TPSA) is 61.4 Å². The maximum Gasteiger partial charge on any atom is 0.245 e. The second-order valence-corrected chi connectivity index (χ2v) is 9.82. The molecule has 5 nitrogen and oxygen atoms in total. The molecule has 154 valence electrons. The fraction of sp³-hybridized carbons (Fsp3) is 0.905. The minimum atomic E-state index is -0.381. The highest BCUT2D eigenvalue weighted by molar-refractivity contribution is 5.90. The van der Waals surface area contributed by atoms with E-state index in [4.69, 9.17) is 0 Å². The third-order valence-corrected chi connectivity index (χ3v) is 7.39. The predicted octanol–water partition coefficient (Wildman–Crippen LogP) is 2.59. The fourth-order valence-electron chi connectivity index (χ4n) is 6.46. The van der Waals surface area contributed by atoms with Crippen LogP contribution in [0.15, 0.2) is 0 Å². The van der Waals surface area contributed by atoms with Crippen molar-refractivity contribution in [1.29, 1.82) is 0 Å². The Morgan fingerprint density at radius 1 is 1.00 bits per heavy atom. The number of hydrogen-bond acceptors (Lipinski definition) is 3. The van der Waals surface area contributed by atoms with Crippen LogP contribution in [0, 0.1) is 29.1 Å². The zero-order valence-corrected chi connectivity index (χ0v) is 17.7. The zero-order chi connectivity index (χ0) is 18.3. The molecule has 4 bridgehead atoms. The van der Waals surface area contributed by atoms with E-state index in [2.05, 4.69) is 24.5 Å². The average Bonchev–Trinajstić information content (AvgIpc) is 2.86. The minimum absolute atomic E-state index is 0. The van der Waals surface area contributed by atoms with Crippen molar-refractivity contribution < 1.29 is 9.59 Å². The smallest absolute Gasteiger partial charge is 0.245 e. The Bertz CT molecular complexity index is 522. The maximum absolute atomic E-state index is 13.4. The van der Waals surface area contributed by atoms with Gasteiger partial charge in [-0.25, -0.2) is 0 Å². The van der Waals surface area contributed by atoms with E-state index < -0.39 is 0 Å². The van der Waals surface area contributed by atoms with Gasteiger partial charge >= 0.3 is 0 Å². The molecule has 27 heavy (non-hydrogen) atoms. The van der Waals surface area contributed by atoms with Gasteiger partial charge in [0.1, 0.15) is 6.04 Å². The van der Waals surface area contributed by atoms with Crippen molar-refractivity contribution in [2.24, 2.45) is 29.1 Å². The summed E-state index contributed by atoms with van der Waals surface area (Å²) in [6, 6.07) is -0.381. The van der Waals surface area contributed by atoms with Gasteiger partial charge in [-0.3, -0.25) is 9.59 Å². The largest absolute Gasteiger partial charge is 0.344 e. The van der Waals surface area contributed by atoms with Crippen LogP contribution >= 0.6 is 12.4 Å². The van der Waals surface area contributed by atoms with Gasteiger partial charge in [-0.1, -0.05) is 13.8 Å². The highest BCUT2D eigenvalue weighted by Crippen LogP contribution is 2.60. The lowest BCUT2D eigenvalue weighted by Gasteiger charge is -2.56. The summed E-state index contributed by atoms with van der Waals surface area (Å²) in [7, 11) is 0. The second kappa shape index (κ2) is 8.28. The van der Waals surface area contributed by atoms with Gasteiger partial charge in [-0.2, -0.15) is 0 Å².